The summed E-state index contributed by atoms with van der Waals surface area (Å²) in [7, 11) is 1.35. The summed E-state index contributed by atoms with van der Waals surface area (Å²) in [6, 6.07) is 25.8. The average Bonchev–Trinajstić information content (AvgIpc) is 4.24. The van der Waals surface area contributed by atoms with Crippen molar-refractivity contribution in [3.05, 3.63) is 167 Å². The Kier molecular flexibility index (Phi) is 42.9. The number of aliphatic hydroxyl groups excluding tert-OH is 1. The molecule has 2 heterocycles. The molecule has 0 amide bonds. The van der Waals surface area contributed by atoms with Crippen LogP contribution in [0.15, 0.2) is 114 Å². The van der Waals surface area contributed by atoms with Crippen molar-refractivity contribution < 1.29 is 47.9 Å². The van der Waals surface area contributed by atoms with E-state index >= 15 is 0 Å². The second-order valence-electron chi connectivity index (χ2n) is 13.4. The van der Waals surface area contributed by atoms with Crippen LogP contribution in [0.3, 0.4) is 0 Å². The second kappa shape index (κ2) is 48.4. The molecule has 4 aromatic carbocycles. The topological polar surface area (TPSA) is 180 Å². The van der Waals surface area contributed by atoms with E-state index in [1.54, 1.807) is 85.8 Å². The Balaban J connectivity index is 0. The fourth-order valence-corrected chi connectivity index (χ4v) is 4.65. The molecule has 1 aromatic heterocycles. The number of nitrogens with zero attached hydrogens (tertiary/aromatic N) is 2. The van der Waals surface area contributed by atoms with Crippen molar-refractivity contribution in [3.8, 4) is 118 Å². The molecule has 78 heavy (non-hydrogen) atoms. The molecule has 0 radical (unpaired) electrons. The van der Waals surface area contributed by atoms with Gasteiger partial charge in [-0.3, -0.25) is 35.8 Å². The normalized spacial score (nSPS) is 9.00. The number of hydrogen-bond acceptors (Lipinski definition) is 12. The first-order valence-electron chi connectivity index (χ1n) is 23.4. The second-order valence-corrected chi connectivity index (χ2v) is 13.4. The Morgan fingerprint density at radius 3 is 1.33 bits per heavy atom. The summed E-state index contributed by atoms with van der Waals surface area (Å²) < 4.78 is 14.4. The lowest BCUT2D eigenvalue weighted by molar-refractivity contribution is 0.0600. The third-order valence-corrected chi connectivity index (χ3v) is 8.08. The Morgan fingerprint density at radius 1 is 0.603 bits per heavy atom. The van der Waals surface area contributed by atoms with Crippen LogP contribution in [-0.4, -0.2) is 72.5 Å². The van der Waals surface area contributed by atoms with Crippen molar-refractivity contribution >= 4 is 36.9 Å². The van der Waals surface area contributed by atoms with E-state index in [1.807, 2.05) is 46.5 Å². The van der Waals surface area contributed by atoms with Gasteiger partial charge >= 0.3 is 5.97 Å². The van der Waals surface area contributed by atoms with Gasteiger partial charge < -0.3 is 32.0 Å². The summed E-state index contributed by atoms with van der Waals surface area (Å²) in [6.45, 7) is 17.0. The lowest BCUT2D eigenvalue weighted by atomic mass is 10.1. The smallest absolute Gasteiger partial charge is 0.337 e. The number of benzene rings is 4. The number of aldehydes is 4. The lowest BCUT2D eigenvalue weighted by Gasteiger charge is -2.02. The first-order chi connectivity index (χ1) is 38.0. The van der Waals surface area contributed by atoms with Crippen LogP contribution < -0.4 is 0 Å². The van der Waals surface area contributed by atoms with Gasteiger partial charge in [0.05, 0.1) is 12.7 Å². The maximum atomic E-state index is 11.6. The minimum atomic E-state index is -0.967. The number of ether oxygens (including phenoxy) is 2. The summed E-state index contributed by atoms with van der Waals surface area (Å²) in [4.78, 5) is 68.1. The van der Waals surface area contributed by atoms with Crippen LogP contribution in [0.4, 0.5) is 0 Å². The molecular formula is C66H54N2O10-2. The minimum absolute atomic E-state index is 0.365. The van der Waals surface area contributed by atoms with Crippen molar-refractivity contribution in [1.29, 1.82) is 0 Å². The molecule has 0 saturated carbocycles. The standard InChI is InChI=1S/C18H7O2.C18H5O2.C11H10N2O3.C8H6O2.C4H8O.C3H6.2C2H6/c2*1-2-3-4-5-6-7-8-9-10-18(20)17-13-11-16(15-19)12-14-17;1-7-12-10(13-16-7)8-3-5-9(6-4-8)11(14)15-2;9-5-7-1-2-8(6-10)4-3-7;1-2-4-5-3-1;1-3-2;2*1-2/h11-15,18,20H;11-15H;3-6H,1-2H3;1-6H;1-4H2;3H,1H2,2H3;2*1-2H3/q2*-1;;;;;;. The van der Waals surface area contributed by atoms with Crippen LogP contribution in [-0.2, 0) is 9.47 Å². The molecule has 1 N–H and O–H groups in total. The SMILES string of the molecule is C1CCOC1.C=CC.CC.CC.COC(=O)c1ccc(-c2noc(C)n2)cc1.O=Cc1ccc(C=O)cc1.[C-]#CC#CC#CC#CC#CC(=O)c1ccc(C=O)cc1.[C-]#CC#CC#CC#CC#CC(O)c1ccc(C=O)cc1. The third kappa shape index (κ3) is 33.7. The predicted molar refractivity (Wildman–Crippen MR) is 301 cm³/mol. The molecule has 0 aliphatic carbocycles. The van der Waals surface area contributed by atoms with Gasteiger partial charge in [-0.05, 0) is 115 Å². The summed E-state index contributed by atoms with van der Waals surface area (Å²) in [5.41, 5.74) is 4.47. The minimum Gasteiger partial charge on any atom is -0.465 e. The van der Waals surface area contributed by atoms with Crippen LogP contribution in [0.1, 0.15) is 127 Å². The fraction of sp³-hybridized carbons (Fsp3) is 0.182. The average molecular weight is 1040 g/mol. The van der Waals surface area contributed by atoms with Gasteiger partial charge in [0.15, 0.2) is 0 Å². The van der Waals surface area contributed by atoms with Crippen LogP contribution in [0.2, 0.25) is 0 Å². The quantitative estimate of drug-likeness (QED) is 0.0296. The maximum absolute atomic E-state index is 11.6. The number of Topliss-reactive ketones (excluding diaryl/α,β-unsaturated/α-hetero) is 1. The van der Waals surface area contributed by atoms with Gasteiger partial charge in [-0.2, -0.15) is 4.98 Å². The Hall–Kier alpha value is -10.9. The Bertz CT molecular complexity index is 3260. The van der Waals surface area contributed by atoms with E-state index in [0.717, 1.165) is 37.6 Å². The van der Waals surface area contributed by atoms with E-state index < -0.39 is 6.10 Å². The Morgan fingerprint density at radius 2 is 0.974 bits per heavy atom. The monoisotopic (exact) mass is 1030 g/mol. The van der Waals surface area contributed by atoms with Gasteiger partial charge in [0.2, 0.25) is 17.5 Å². The molecule has 12 heteroatoms. The zero-order valence-electron chi connectivity index (χ0n) is 44.3. The number of esters is 1. The van der Waals surface area contributed by atoms with Crippen LogP contribution in [0.5, 0.6) is 0 Å². The van der Waals surface area contributed by atoms with Crippen molar-refractivity contribution in [2.45, 2.75) is 60.5 Å². The van der Waals surface area contributed by atoms with Crippen molar-refractivity contribution in [3.63, 3.8) is 0 Å². The van der Waals surface area contributed by atoms with E-state index in [4.69, 9.17) is 22.1 Å². The highest BCUT2D eigenvalue weighted by Gasteiger charge is 2.09. The molecule has 6 rings (SSSR count). The number of hydrogen-bond donors (Lipinski definition) is 1. The first kappa shape index (κ1) is 69.2. The highest BCUT2D eigenvalue weighted by Crippen LogP contribution is 2.17. The fourth-order valence-electron chi connectivity index (χ4n) is 4.65. The van der Waals surface area contributed by atoms with Crippen LogP contribution in [0, 0.1) is 126 Å². The summed E-state index contributed by atoms with van der Waals surface area (Å²) in [5, 5.41) is 13.5. The van der Waals surface area contributed by atoms with Gasteiger partial charge in [0, 0.05) is 53.5 Å². The highest BCUT2D eigenvalue weighted by molar-refractivity contribution is 6.09. The maximum Gasteiger partial charge on any atom is 0.337 e. The van der Waals surface area contributed by atoms with E-state index in [0.29, 0.717) is 56.9 Å². The van der Waals surface area contributed by atoms with Gasteiger partial charge in [0.1, 0.15) is 31.2 Å². The number of carbonyl (C=O) groups excluding carboxylic acids is 6. The molecule has 12 nitrogen and oxygen atoms in total. The molecule has 1 aliphatic rings. The molecule has 1 fully saturated rings. The first-order valence-corrected chi connectivity index (χ1v) is 23.4. The lowest BCUT2D eigenvalue weighted by Crippen LogP contribution is -2.00. The van der Waals surface area contributed by atoms with Crippen LogP contribution in [0.25, 0.3) is 11.4 Å². The number of allylic oxidation sites excluding steroid dienone is 1. The van der Waals surface area contributed by atoms with Gasteiger partial charge in [0.25, 0.3) is 0 Å². The summed E-state index contributed by atoms with van der Waals surface area (Å²) >= 11 is 0. The largest absolute Gasteiger partial charge is 0.465 e. The predicted octanol–water partition coefficient (Wildman–Crippen LogP) is 9.61. The molecule has 1 unspecified atom stereocenters. The number of aliphatic hydroxyl groups is 1. The van der Waals surface area contributed by atoms with E-state index in [-0.39, 0.29) is 11.8 Å². The number of aryl methyl sites for hydroxylation is 1. The number of aromatic nitrogens is 2. The van der Waals surface area contributed by atoms with Crippen molar-refractivity contribution in [2.75, 3.05) is 20.3 Å². The summed E-state index contributed by atoms with van der Waals surface area (Å²) in [6.07, 6.45) is 19.3. The van der Waals surface area contributed by atoms with Gasteiger partial charge in [-0.25, -0.2) is 16.6 Å². The van der Waals surface area contributed by atoms with E-state index in [2.05, 4.69) is 116 Å². The molecule has 0 bridgehead atoms. The molecule has 1 saturated heterocycles. The molecule has 390 valence electrons. The Labute approximate surface area is 459 Å². The van der Waals surface area contributed by atoms with Crippen molar-refractivity contribution in [1.82, 2.24) is 10.1 Å². The number of ketones is 1. The molecule has 5 aromatic rings. The third-order valence-electron chi connectivity index (χ3n) is 8.08. The highest BCUT2D eigenvalue weighted by atomic mass is 16.5. The van der Waals surface area contributed by atoms with E-state index in [1.165, 1.54) is 44.2 Å². The van der Waals surface area contributed by atoms with Gasteiger partial charge in [-0.15, -0.1) is 18.4 Å². The molecular weight excluding hydrogens is 981 g/mol. The molecule has 0 spiro atoms. The van der Waals surface area contributed by atoms with Gasteiger partial charge in [-0.1, -0.05) is 118 Å². The molecule has 1 aliphatic heterocycles. The molecule has 1 atom stereocenters. The zero-order valence-corrected chi connectivity index (χ0v) is 44.3. The van der Waals surface area contributed by atoms with E-state index in [9.17, 15) is 33.9 Å². The zero-order chi connectivity index (χ0) is 58.4. The van der Waals surface area contributed by atoms with Crippen molar-refractivity contribution in [2.24, 2.45) is 0 Å². The van der Waals surface area contributed by atoms with Crippen LogP contribution >= 0.6 is 0 Å². The number of carbonyl (C=O) groups is 6. The summed E-state index contributed by atoms with van der Waals surface area (Å²) in [5.74, 6) is 42.0. The number of rotatable bonds is 8. The number of methoxy groups -OCH3 is 1.